The largest absolute Gasteiger partial charge is 0.478 e. The number of amides is 2. The molecule has 0 fully saturated rings. The Kier molecular flexibility index (Phi) is 11.0. The molecule has 2 rings (SSSR count). The summed E-state index contributed by atoms with van der Waals surface area (Å²) in [7, 11) is 6.75. The highest BCUT2D eigenvalue weighted by atomic mass is 16.4. The van der Waals surface area contributed by atoms with E-state index in [1.54, 1.807) is 52.5 Å². The quantitative estimate of drug-likeness (QED) is 0.759. The fraction of sp³-hybridized carbons (Fsp3) is 0.200. The van der Waals surface area contributed by atoms with Crippen LogP contribution in [0.2, 0.25) is 0 Å². The summed E-state index contributed by atoms with van der Waals surface area (Å²) in [5, 5.41) is 17.6. The van der Waals surface area contributed by atoms with Gasteiger partial charge in [-0.1, -0.05) is 24.3 Å². The first-order valence-corrected chi connectivity index (χ1v) is 8.02. The Morgan fingerprint density at radius 2 is 0.857 bits per heavy atom. The van der Waals surface area contributed by atoms with Crippen LogP contribution in [0.3, 0.4) is 0 Å². The second kappa shape index (κ2) is 12.6. The standard InChI is InChI=1S/C14H10O4.2C3H7NO/c15-13(16)11-5-1-9(2-6-11)10-3-7-12(8-4-10)14(17)18;2*1-4(2)3-5/h1-8H,(H,15,16)(H,17,18);2*3H,1-2H3. The van der Waals surface area contributed by atoms with E-state index in [4.69, 9.17) is 10.2 Å². The van der Waals surface area contributed by atoms with Crippen LogP contribution < -0.4 is 0 Å². The van der Waals surface area contributed by atoms with E-state index in [1.165, 1.54) is 34.1 Å². The molecule has 0 saturated heterocycles. The van der Waals surface area contributed by atoms with Crippen LogP contribution in [0, 0.1) is 0 Å². The molecule has 150 valence electrons. The van der Waals surface area contributed by atoms with Gasteiger partial charge in [-0.15, -0.1) is 0 Å². The summed E-state index contributed by atoms with van der Waals surface area (Å²) in [5.41, 5.74) is 2.13. The maximum atomic E-state index is 10.7. The van der Waals surface area contributed by atoms with Crippen LogP contribution in [0.1, 0.15) is 20.7 Å². The first-order valence-electron chi connectivity index (χ1n) is 8.02. The topological polar surface area (TPSA) is 115 Å². The van der Waals surface area contributed by atoms with Gasteiger partial charge in [-0.25, -0.2) is 9.59 Å². The number of hydrogen-bond donors (Lipinski definition) is 2. The van der Waals surface area contributed by atoms with E-state index in [1.807, 2.05) is 0 Å². The lowest BCUT2D eigenvalue weighted by molar-refractivity contribution is -0.116. The molecule has 0 spiro atoms. The highest BCUT2D eigenvalue weighted by molar-refractivity contribution is 5.89. The first kappa shape index (κ1) is 24.3. The van der Waals surface area contributed by atoms with Gasteiger partial charge in [-0.3, -0.25) is 9.59 Å². The van der Waals surface area contributed by atoms with Crippen molar-refractivity contribution in [1.82, 2.24) is 9.80 Å². The molecule has 0 aliphatic heterocycles. The second-order valence-corrected chi connectivity index (χ2v) is 5.90. The van der Waals surface area contributed by atoms with Gasteiger partial charge in [0.25, 0.3) is 0 Å². The van der Waals surface area contributed by atoms with Crippen molar-refractivity contribution in [3.05, 3.63) is 59.7 Å². The number of carbonyl (C=O) groups excluding carboxylic acids is 2. The minimum atomic E-state index is -0.970. The summed E-state index contributed by atoms with van der Waals surface area (Å²) < 4.78 is 0. The zero-order chi connectivity index (χ0) is 21.7. The van der Waals surface area contributed by atoms with Gasteiger partial charge in [-0.05, 0) is 35.4 Å². The van der Waals surface area contributed by atoms with Crippen LogP contribution in [0.15, 0.2) is 48.5 Å². The highest BCUT2D eigenvalue weighted by Crippen LogP contribution is 2.20. The van der Waals surface area contributed by atoms with Crippen molar-refractivity contribution >= 4 is 24.8 Å². The Morgan fingerprint density at radius 1 is 0.643 bits per heavy atom. The lowest BCUT2D eigenvalue weighted by Gasteiger charge is -2.03. The zero-order valence-corrected chi connectivity index (χ0v) is 16.2. The molecule has 0 unspecified atom stereocenters. The van der Waals surface area contributed by atoms with Crippen LogP contribution >= 0.6 is 0 Å². The molecule has 0 aliphatic rings. The third-order valence-electron chi connectivity index (χ3n) is 3.02. The molecule has 2 aromatic rings. The second-order valence-electron chi connectivity index (χ2n) is 5.90. The Labute approximate surface area is 163 Å². The molecule has 0 radical (unpaired) electrons. The lowest BCUT2D eigenvalue weighted by atomic mass is 10.0. The van der Waals surface area contributed by atoms with Crippen molar-refractivity contribution in [2.24, 2.45) is 0 Å². The molecule has 0 bridgehead atoms. The molecule has 28 heavy (non-hydrogen) atoms. The molecular formula is C20H24N2O6. The summed E-state index contributed by atoms with van der Waals surface area (Å²) in [5.74, 6) is -1.94. The molecular weight excluding hydrogens is 364 g/mol. The molecule has 2 amide bonds. The molecule has 8 heteroatoms. The van der Waals surface area contributed by atoms with Crippen LogP contribution in [0.5, 0.6) is 0 Å². The van der Waals surface area contributed by atoms with Crippen molar-refractivity contribution in [2.45, 2.75) is 0 Å². The lowest BCUT2D eigenvalue weighted by Crippen LogP contribution is -2.06. The highest BCUT2D eigenvalue weighted by Gasteiger charge is 2.05. The Morgan fingerprint density at radius 3 is 1.00 bits per heavy atom. The minimum absolute atomic E-state index is 0.223. The summed E-state index contributed by atoms with van der Waals surface area (Å²) in [6.45, 7) is 0. The Balaban J connectivity index is 0.000000607. The molecule has 0 aliphatic carbocycles. The van der Waals surface area contributed by atoms with E-state index >= 15 is 0 Å². The van der Waals surface area contributed by atoms with Crippen molar-refractivity contribution in [1.29, 1.82) is 0 Å². The first-order chi connectivity index (χ1) is 13.1. The van der Waals surface area contributed by atoms with E-state index in [2.05, 4.69) is 0 Å². The molecule has 8 nitrogen and oxygen atoms in total. The molecule has 2 aromatic carbocycles. The average molecular weight is 388 g/mol. The predicted molar refractivity (Wildman–Crippen MR) is 105 cm³/mol. The monoisotopic (exact) mass is 388 g/mol. The van der Waals surface area contributed by atoms with Gasteiger partial charge < -0.3 is 20.0 Å². The molecule has 0 aromatic heterocycles. The number of carbonyl (C=O) groups is 4. The number of carboxylic acids is 2. The smallest absolute Gasteiger partial charge is 0.335 e. The van der Waals surface area contributed by atoms with Crippen LogP contribution in [-0.4, -0.2) is 73.0 Å². The van der Waals surface area contributed by atoms with Gasteiger partial charge in [0, 0.05) is 28.2 Å². The van der Waals surface area contributed by atoms with Crippen molar-refractivity contribution < 1.29 is 29.4 Å². The summed E-state index contributed by atoms with van der Waals surface area (Å²) in [6, 6.07) is 12.8. The predicted octanol–water partition coefficient (Wildman–Crippen LogP) is 2.16. The maximum Gasteiger partial charge on any atom is 0.335 e. The molecule has 0 saturated carbocycles. The van der Waals surface area contributed by atoms with Crippen LogP contribution in [-0.2, 0) is 9.59 Å². The van der Waals surface area contributed by atoms with Crippen LogP contribution in [0.4, 0.5) is 0 Å². The Hall–Kier alpha value is -3.68. The SMILES string of the molecule is CN(C)C=O.CN(C)C=O.O=C(O)c1ccc(-c2ccc(C(=O)O)cc2)cc1. The van der Waals surface area contributed by atoms with Gasteiger partial charge in [-0.2, -0.15) is 0 Å². The average Bonchev–Trinajstić information content (AvgIpc) is 2.69. The number of rotatable bonds is 5. The van der Waals surface area contributed by atoms with E-state index in [0.29, 0.717) is 0 Å². The molecule has 0 atom stereocenters. The number of benzene rings is 2. The van der Waals surface area contributed by atoms with Gasteiger partial charge >= 0.3 is 11.9 Å². The number of carboxylic acid groups (broad SMARTS) is 2. The van der Waals surface area contributed by atoms with Gasteiger partial charge in [0.05, 0.1) is 11.1 Å². The third kappa shape index (κ3) is 9.71. The van der Waals surface area contributed by atoms with Crippen molar-refractivity contribution in [3.63, 3.8) is 0 Å². The van der Waals surface area contributed by atoms with Gasteiger partial charge in [0.15, 0.2) is 0 Å². The van der Waals surface area contributed by atoms with E-state index < -0.39 is 11.9 Å². The number of nitrogens with zero attached hydrogens (tertiary/aromatic N) is 2. The van der Waals surface area contributed by atoms with E-state index in [0.717, 1.165) is 23.9 Å². The van der Waals surface area contributed by atoms with Crippen molar-refractivity contribution in [2.75, 3.05) is 28.2 Å². The summed E-state index contributed by atoms with van der Waals surface area (Å²) in [6.07, 6.45) is 1.50. The van der Waals surface area contributed by atoms with Crippen molar-refractivity contribution in [3.8, 4) is 11.1 Å². The summed E-state index contributed by atoms with van der Waals surface area (Å²) in [4.78, 5) is 43.2. The fourth-order valence-corrected chi connectivity index (χ4v) is 1.61. The zero-order valence-electron chi connectivity index (χ0n) is 16.2. The minimum Gasteiger partial charge on any atom is -0.478 e. The number of hydrogen-bond acceptors (Lipinski definition) is 4. The number of aromatic carboxylic acids is 2. The molecule has 0 heterocycles. The third-order valence-corrected chi connectivity index (χ3v) is 3.02. The normalized spacial score (nSPS) is 8.86. The molecule has 2 N–H and O–H groups in total. The maximum absolute atomic E-state index is 10.7. The fourth-order valence-electron chi connectivity index (χ4n) is 1.61. The Bertz CT molecular complexity index is 701. The van der Waals surface area contributed by atoms with Gasteiger partial charge in [0.2, 0.25) is 12.8 Å². The van der Waals surface area contributed by atoms with E-state index in [9.17, 15) is 19.2 Å². The van der Waals surface area contributed by atoms with E-state index in [-0.39, 0.29) is 11.1 Å². The van der Waals surface area contributed by atoms with Crippen LogP contribution in [0.25, 0.3) is 11.1 Å². The summed E-state index contributed by atoms with van der Waals surface area (Å²) >= 11 is 0. The van der Waals surface area contributed by atoms with Gasteiger partial charge in [0.1, 0.15) is 0 Å².